The highest BCUT2D eigenvalue weighted by Crippen LogP contribution is 2.26. The Kier molecular flexibility index (Phi) is 4.30. The number of nitrogens with one attached hydrogen (secondary N) is 1. The van der Waals surface area contributed by atoms with E-state index in [1.165, 1.54) is 0 Å². The molecule has 1 aliphatic heterocycles. The molecule has 0 radical (unpaired) electrons. The zero-order chi connectivity index (χ0) is 13.0. The molecule has 0 spiro atoms. The fourth-order valence-corrected chi connectivity index (χ4v) is 2.42. The quantitative estimate of drug-likeness (QED) is 0.461. The Bertz CT molecular complexity index is 396. The number of hydrogen-bond donors (Lipinski definition) is 2. The third-order valence-electron chi connectivity index (χ3n) is 3.38. The molecule has 1 saturated heterocycles. The number of methoxy groups -OCH3 is 1. The van der Waals surface area contributed by atoms with Crippen molar-refractivity contribution in [3.63, 3.8) is 0 Å². The van der Waals surface area contributed by atoms with Crippen molar-refractivity contribution >= 4 is 5.91 Å². The maximum atomic E-state index is 12.0. The molecular weight excluding hydrogens is 230 g/mol. The Morgan fingerprint density at radius 2 is 2.22 bits per heavy atom. The van der Waals surface area contributed by atoms with Gasteiger partial charge in [-0.15, -0.1) is 0 Å². The van der Waals surface area contributed by atoms with Gasteiger partial charge in [-0.05, 0) is 12.0 Å². The molecule has 1 aromatic carbocycles. The Balaban J connectivity index is 2.19. The van der Waals surface area contributed by atoms with Gasteiger partial charge in [0.15, 0.2) is 0 Å². The van der Waals surface area contributed by atoms with Crippen molar-refractivity contribution in [3.05, 3.63) is 35.9 Å². The lowest BCUT2D eigenvalue weighted by Gasteiger charge is -2.26. The first kappa shape index (κ1) is 13.0. The Morgan fingerprint density at radius 3 is 2.78 bits per heavy atom. The molecule has 1 fully saturated rings. The van der Waals surface area contributed by atoms with Crippen LogP contribution in [-0.2, 0) is 9.53 Å². The Hall–Kier alpha value is -1.43. The lowest BCUT2D eigenvalue weighted by Crippen LogP contribution is -2.42. The van der Waals surface area contributed by atoms with Gasteiger partial charge in [-0.1, -0.05) is 30.3 Å². The molecule has 0 aromatic heterocycles. The molecule has 0 saturated carbocycles. The third-order valence-corrected chi connectivity index (χ3v) is 3.38. The normalized spacial score (nSPS) is 21.8. The molecule has 0 aliphatic carbocycles. The highest BCUT2D eigenvalue weighted by atomic mass is 16.5. The fraction of sp³-hybridized carbons (Fsp3) is 0.462. The molecule has 98 valence electrons. The summed E-state index contributed by atoms with van der Waals surface area (Å²) in [4.78, 5) is 14.1. The summed E-state index contributed by atoms with van der Waals surface area (Å²) in [5.41, 5.74) is 3.21. The van der Waals surface area contributed by atoms with Gasteiger partial charge in [-0.25, -0.2) is 5.84 Å². The SMILES string of the molecule is COC1CCN(C(C(=O)NN)c2ccccc2)C1. The number of ether oxygens (including phenoxy) is 1. The van der Waals surface area contributed by atoms with Crippen LogP contribution in [0, 0.1) is 0 Å². The van der Waals surface area contributed by atoms with E-state index in [-0.39, 0.29) is 18.1 Å². The van der Waals surface area contributed by atoms with E-state index in [4.69, 9.17) is 10.6 Å². The first-order chi connectivity index (χ1) is 8.76. The van der Waals surface area contributed by atoms with Crippen LogP contribution in [0.2, 0.25) is 0 Å². The van der Waals surface area contributed by atoms with Crippen molar-refractivity contribution < 1.29 is 9.53 Å². The summed E-state index contributed by atoms with van der Waals surface area (Å²) >= 11 is 0. The van der Waals surface area contributed by atoms with Crippen LogP contribution in [-0.4, -0.2) is 37.1 Å². The summed E-state index contributed by atoms with van der Waals surface area (Å²) in [6.45, 7) is 1.59. The number of carbonyl (C=O) groups is 1. The molecule has 2 unspecified atom stereocenters. The van der Waals surface area contributed by atoms with E-state index in [1.807, 2.05) is 30.3 Å². The number of likely N-dealkylation sites (tertiary alicyclic amines) is 1. The molecule has 1 heterocycles. The van der Waals surface area contributed by atoms with E-state index in [1.54, 1.807) is 7.11 Å². The topological polar surface area (TPSA) is 67.6 Å². The van der Waals surface area contributed by atoms with Gasteiger partial charge < -0.3 is 4.74 Å². The molecule has 1 aliphatic rings. The minimum absolute atomic E-state index is 0.182. The van der Waals surface area contributed by atoms with Crippen LogP contribution in [0.3, 0.4) is 0 Å². The number of hydrazine groups is 1. The fourth-order valence-electron chi connectivity index (χ4n) is 2.42. The van der Waals surface area contributed by atoms with Gasteiger partial charge in [0.05, 0.1) is 6.10 Å². The van der Waals surface area contributed by atoms with Crippen molar-refractivity contribution in [3.8, 4) is 0 Å². The van der Waals surface area contributed by atoms with E-state index >= 15 is 0 Å². The molecule has 18 heavy (non-hydrogen) atoms. The van der Waals surface area contributed by atoms with E-state index in [0.717, 1.165) is 25.1 Å². The summed E-state index contributed by atoms with van der Waals surface area (Å²) in [6, 6.07) is 9.34. The summed E-state index contributed by atoms with van der Waals surface area (Å²) in [5.74, 6) is 5.11. The lowest BCUT2D eigenvalue weighted by atomic mass is 10.1. The number of benzene rings is 1. The number of nitrogens with zero attached hydrogens (tertiary/aromatic N) is 1. The second-order valence-corrected chi connectivity index (χ2v) is 4.46. The number of rotatable bonds is 4. The van der Waals surface area contributed by atoms with E-state index < -0.39 is 0 Å². The van der Waals surface area contributed by atoms with Gasteiger partial charge in [-0.3, -0.25) is 15.1 Å². The van der Waals surface area contributed by atoms with Crippen molar-refractivity contribution in [2.24, 2.45) is 5.84 Å². The second-order valence-electron chi connectivity index (χ2n) is 4.46. The first-order valence-electron chi connectivity index (χ1n) is 6.08. The monoisotopic (exact) mass is 249 g/mol. The van der Waals surface area contributed by atoms with Crippen molar-refractivity contribution in [2.75, 3.05) is 20.2 Å². The first-order valence-corrected chi connectivity index (χ1v) is 6.08. The van der Waals surface area contributed by atoms with Crippen LogP contribution in [0.1, 0.15) is 18.0 Å². The van der Waals surface area contributed by atoms with Crippen LogP contribution in [0.15, 0.2) is 30.3 Å². The van der Waals surface area contributed by atoms with Gasteiger partial charge >= 0.3 is 0 Å². The van der Waals surface area contributed by atoms with E-state index in [2.05, 4.69) is 10.3 Å². The molecule has 2 atom stereocenters. The van der Waals surface area contributed by atoms with Gasteiger partial charge in [0, 0.05) is 20.2 Å². The summed E-state index contributed by atoms with van der Waals surface area (Å²) < 4.78 is 5.34. The second kappa shape index (κ2) is 5.95. The van der Waals surface area contributed by atoms with Crippen molar-refractivity contribution in [1.82, 2.24) is 10.3 Å². The van der Waals surface area contributed by atoms with Gasteiger partial charge in [0.2, 0.25) is 0 Å². The molecular formula is C13H19N3O2. The maximum Gasteiger partial charge on any atom is 0.255 e. The predicted octanol–water partition coefficient (Wildman–Crippen LogP) is 0.438. The zero-order valence-corrected chi connectivity index (χ0v) is 10.5. The number of nitrogens with two attached hydrogens (primary N) is 1. The average Bonchev–Trinajstić information content (AvgIpc) is 2.88. The molecule has 5 heteroatoms. The number of hydrogen-bond acceptors (Lipinski definition) is 4. The van der Waals surface area contributed by atoms with Crippen LogP contribution < -0.4 is 11.3 Å². The predicted molar refractivity (Wildman–Crippen MR) is 68.5 cm³/mol. The lowest BCUT2D eigenvalue weighted by molar-refractivity contribution is -0.126. The number of carbonyl (C=O) groups excluding carboxylic acids is 1. The van der Waals surface area contributed by atoms with Crippen LogP contribution >= 0.6 is 0 Å². The zero-order valence-electron chi connectivity index (χ0n) is 10.5. The molecule has 0 bridgehead atoms. The minimum Gasteiger partial charge on any atom is -0.380 e. The molecule has 5 nitrogen and oxygen atoms in total. The smallest absolute Gasteiger partial charge is 0.255 e. The Labute approximate surface area is 107 Å². The maximum absolute atomic E-state index is 12.0. The van der Waals surface area contributed by atoms with E-state index in [9.17, 15) is 4.79 Å². The standard InChI is InChI=1S/C13H19N3O2/c1-18-11-7-8-16(9-11)12(13(17)15-14)10-5-3-2-4-6-10/h2-6,11-12H,7-9,14H2,1H3,(H,15,17). The highest BCUT2D eigenvalue weighted by molar-refractivity contribution is 5.82. The largest absolute Gasteiger partial charge is 0.380 e. The van der Waals surface area contributed by atoms with E-state index in [0.29, 0.717) is 0 Å². The summed E-state index contributed by atoms with van der Waals surface area (Å²) in [7, 11) is 1.70. The minimum atomic E-state index is -0.337. The van der Waals surface area contributed by atoms with Crippen LogP contribution in [0.4, 0.5) is 0 Å². The molecule has 1 aromatic rings. The van der Waals surface area contributed by atoms with Gasteiger partial charge in [0.1, 0.15) is 6.04 Å². The Morgan fingerprint density at radius 1 is 1.50 bits per heavy atom. The third kappa shape index (κ3) is 2.69. The molecule has 2 rings (SSSR count). The van der Waals surface area contributed by atoms with Gasteiger partial charge in [-0.2, -0.15) is 0 Å². The summed E-state index contributed by atoms with van der Waals surface area (Å²) in [5, 5.41) is 0. The summed E-state index contributed by atoms with van der Waals surface area (Å²) in [6.07, 6.45) is 1.14. The van der Waals surface area contributed by atoms with Gasteiger partial charge in [0.25, 0.3) is 5.91 Å². The molecule has 3 N–H and O–H groups in total. The average molecular weight is 249 g/mol. The van der Waals surface area contributed by atoms with Crippen molar-refractivity contribution in [2.45, 2.75) is 18.6 Å². The molecule has 1 amide bonds. The number of amides is 1. The van der Waals surface area contributed by atoms with Crippen LogP contribution in [0.25, 0.3) is 0 Å². The highest BCUT2D eigenvalue weighted by Gasteiger charge is 2.33. The van der Waals surface area contributed by atoms with Crippen LogP contribution in [0.5, 0.6) is 0 Å². The van der Waals surface area contributed by atoms with Crippen molar-refractivity contribution in [1.29, 1.82) is 0 Å².